The van der Waals surface area contributed by atoms with Gasteiger partial charge in [-0.2, -0.15) is 11.8 Å². The molecule has 0 aliphatic rings. The molecule has 0 saturated heterocycles. The van der Waals surface area contributed by atoms with Gasteiger partial charge in [-0.15, -0.1) is 0 Å². The molecule has 5 heteroatoms. The first-order chi connectivity index (χ1) is 5.16. The Hall–Kier alpha value is -0.260. The molecule has 0 aliphatic heterocycles. The Morgan fingerprint density at radius 2 is 2.27 bits per heavy atom. The number of aliphatic hydroxyl groups is 2. The van der Waals surface area contributed by atoms with Gasteiger partial charge in [0, 0.05) is 17.9 Å². The minimum Gasteiger partial charge on any atom is -0.394 e. The number of hydrogen-bond acceptors (Lipinski definition) is 4. The number of nitrogens with two attached hydrogens (primary N) is 1. The average Bonchev–Trinajstić information content (AvgIpc) is 1.97. The summed E-state index contributed by atoms with van der Waals surface area (Å²) in [5, 5.41) is 17.2. The van der Waals surface area contributed by atoms with Crippen LogP contribution in [0.15, 0.2) is 0 Å². The lowest BCUT2D eigenvalue weighted by Crippen LogP contribution is -2.16. The summed E-state index contributed by atoms with van der Waals surface area (Å²) in [5.41, 5.74) is 4.88. The predicted octanol–water partition coefficient (Wildman–Crippen LogP) is -1.05. The molecule has 0 aromatic carbocycles. The molecule has 0 aliphatic carbocycles. The van der Waals surface area contributed by atoms with E-state index in [1.54, 1.807) is 0 Å². The number of thioether (sulfide) groups is 1. The van der Waals surface area contributed by atoms with Crippen molar-refractivity contribution < 1.29 is 15.0 Å². The van der Waals surface area contributed by atoms with E-state index in [1.165, 1.54) is 11.8 Å². The summed E-state index contributed by atoms with van der Waals surface area (Å²) < 4.78 is 0. The largest absolute Gasteiger partial charge is 0.394 e. The molecule has 66 valence electrons. The van der Waals surface area contributed by atoms with Crippen LogP contribution in [0, 0.1) is 0 Å². The maximum absolute atomic E-state index is 10.2. The van der Waals surface area contributed by atoms with Gasteiger partial charge in [-0.05, 0) is 0 Å². The van der Waals surface area contributed by atoms with Gasteiger partial charge < -0.3 is 15.9 Å². The van der Waals surface area contributed by atoms with Crippen molar-refractivity contribution in [1.29, 1.82) is 0 Å². The highest BCUT2D eigenvalue weighted by Gasteiger charge is 2.01. The monoisotopic (exact) mass is 179 g/mol. The number of rotatable bonds is 6. The summed E-state index contributed by atoms with van der Waals surface area (Å²) in [4.78, 5) is 10.2. The Morgan fingerprint density at radius 3 is 2.73 bits per heavy atom. The molecule has 0 aromatic heterocycles. The molecular formula is C6H13NO3S. The van der Waals surface area contributed by atoms with Crippen LogP contribution in [0.3, 0.4) is 0 Å². The van der Waals surface area contributed by atoms with E-state index in [-0.39, 0.29) is 12.5 Å². The standard InChI is InChI=1S/C6H13NO3S/c7-6(10)1-2-11-4-5(9)3-8/h5,8-9H,1-4H2,(H2,7,10). The molecule has 0 heterocycles. The number of carbonyl (C=O) groups is 1. The second-order valence-electron chi connectivity index (χ2n) is 2.13. The van der Waals surface area contributed by atoms with Crippen LogP contribution in [0.25, 0.3) is 0 Å². The molecule has 4 nitrogen and oxygen atoms in total. The topological polar surface area (TPSA) is 83.6 Å². The summed E-state index contributed by atoms with van der Waals surface area (Å²) in [7, 11) is 0. The van der Waals surface area contributed by atoms with Gasteiger partial charge in [0.2, 0.25) is 5.91 Å². The van der Waals surface area contributed by atoms with Gasteiger partial charge in [0.05, 0.1) is 12.7 Å². The molecule has 1 amide bonds. The van der Waals surface area contributed by atoms with Gasteiger partial charge >= 0.3 is 0 Å². The van der Waals surface area contributed by atoms with Crippen LogP contribution < -0.4 is 5.73 Å². The maximum Gasteiger partial charge on any atom is 0.218 e. The zero-order valence-electron chi connectivity index (χ0n) is 6.19. The first kappa shape index (κ1) is 10.7. The summed E-state index contributed by atoms with van der Waals surface area (Å²) in [6.07, 6.45) is -0.365. The van der Waals surface area contributed by atoms with E-state index < -0.39 is 6.10 Å². The molecular weight excluding hydrogens is 166 g/mol. The van der Waals surface area contributed by atoms with Crippen LogP contribution in [0.5, 0.6) is 0 Å². The predicted molar refractivity (Wildman–Crippen MR) is 44.2 cm³/mol. The maximum atomic E-state index is 10.2. The van der Waals surface area contributed by atoms with Crippen molar-refractivity contribution in [3.63, 3.8) is 0 Å². The van der Waals surface area contributed by atoms with E-state index in [0.717, 1.165) is 0 Å². The van der Waals surface area contributed by atoms with E-state index in [2.05, 4.69) is 0 Å². The first-order valence-corrected chi connectivity index (χ1v) is 4.47. The second-order valence-corrected chi connectivity index (χ2v) is 3.28. The molecule has 0 bridgehead atoms. The van der Waals surface area contributed by atoms with Gasteiger partial charge in [-0.1, -0.05) is 0 Å². The Morgan fingerprint density at radius 1 is 1.64 bits per heavy atom. The highest BCUT2D eigenvalue weighted by Crippen LogP contribution is 2.03. The van der Waals surface area contributed by atoms with Crippen molar-refractivity contribution in [2.75, 3.05) is 18.1 Å². The van der Waals surface area contributed by atoms with Crippen LogP contribution in [0.4, 0.5) is 0 Å². The zero-order chi connectivity index (χ0) is 8.69. The third kappa shape index (κ3) is 7.64. The smallest absolute Gasteiger partial charge is 0.218 e. The van der Waals surface area contributed by atoms with Crippen molar-refractivity contribution in [1.82, 2.24) is 0 Å². The Balaban J connectivity index is 3.08. The Labute approximate surface area is 69.8 Å². The molecule has 0 aromatic rings. The molecule has 0 spiro atoms. The molecule has 0 saturated carbocycles. The minimum absolute atomic E-state index is 0.233. The summed E-state index contributed by atoms with van der Waals surface area (Å²) in [6, 6.07) is 0. The van der Waals surface area contributed by atoms with Crippen LogP contribution in [-0.2, 0) is 4.79 Å². The molecule has 4 N–H and O–H groups in total. The van der Waals surface area contributed by atoms with Crippen molar-refractivity contribution in [3.05, 3.63) is 0 Å². The summed E-state index contributed by atoms with van der Waals surface area (Å²) >= 11 is 1.40. The van der Waals surface area contributed by atoms with Gasteiger partial charge in [-0.3, -0.25) is 4.79 Å². The number of carbonyl (C=O) groups excluding carboxylic acids is 1. The van der Waals surface area contributed by atoms with Gasteiger partial charge in [0.25, 0.3) is 0 Å². The fourth-order valence-electron chi connectivity index (χ4n) is 0.445. The third-order valence-corrected chi connectivity index (χ3v) is 2.13. The first-order valence-electron chi connectivity index (χ1n) is 3.31. The van der Waals surface area contributed by atoms with Crippen LogP contribution in [-0.4, -0.2) is 40.3 Å². The quantitative estimate of drug-likeness (QED) is 0.454. The second kappa shape index (κ2) is 6.45. The van der Waals surface area contributed by atoms with E-state index in [9.17, 15) is 4.79 Å². The van der Waals surface area contributed by atoms with E-state index in [0.29, 0.717) is 17.9 Å². The number of aliphatic hydroxyl groups excluding tert-OH is 2. The fraction of sp³-hybridized carbons (Fsp3) is 0.833. The number of amides is 1. The van der Waals surface area contributed by atoms with Gasteiger partial charge in [-0.25, -0.2) is 0 Å². The highest BCUT2D eigenvalue weighted by atomic mass is 32.2. The lowest BCUT2D eigenvalue weighted by atomic mass is 10.4. The van der Waals surface area contributed by atoms with Gasteiger partial charge in [0.1, 0.15) is 0 Å². The minimum atomic E-state index is -0.687. The van der Waals surface area contributed by atoms with Crippen molar-refractivity contribution in [2.45, 2.75) is 12.5 Å². The Kier molecular flexibility index (Phi) is 6.30. The average molecular weight is 179 g/mol. The molecule has 0 rings (SSSR count). The van der Waals surface area contributed by atoms with Gasteiger partial charge in [0.15, 0.2) is 0 Å². The molecule has 11 heavy (non-hydrogen) atoms. The van der Waals surface area contributed by atoms with Crippen LogP contribution in [0.2, 0.25) is 0 Å². The lowest BCUT2D eigenvalue weighted by Gasteiger charge is -2.04. The number of hydrogen-bond donors (Lipinski definition) is 3. The SMILES string of the molecule is NC(=O)CCSCC(O)CO. The zero-order valence-corrected chi connectivity index (χ0v) is 7.01. The van der Waals surface area contributed by atoms with Crippen molar-refractivity contribution in [3.8, 4) is 0 Å². The molecule has 1 unspecified atom stereocenters. The van der Waals surface area contributed by atoms with Crippen LogP contribution in [0.1, 0.15) is 6.42 Å². The highest BCUT2D eigenvalue weighted by molar-refractivity contribution is 7.99. The van der Waals surface area contributed by atoms with Crippen molar-refractivity contribution in [2.24, 2.45) is 5.73 Å². The molecule has 0 radical (unpaired) electrons. The number of primary amides is 1. The van der Waals surface area contributed by atoms with Crippen LogP contribution >= 0.6 is 11.8 Å². The lowest BCUT2D eigenvalue weighted by molar-refractivity contribution is -0.117. The van der Waals surface area contributed by atoms with E-state index >= 15 is 0 Å². The Bertz CT molecular complexity index is 120. The van der Waals surface area contributed by atoms with E-state index in [4.69, 9.17) is 15.9 Å². The third-order valence-electron chi connectivity index (χ3n) is 1.01. The molecule has 1 atom stereocenters. The van der Waals surface area contributed by atoms with Crippen molar-refractivity contribution >= 4 is 17.7 Å². The molecule has 0 fully saturated rings. The fourth-order valence-corrected chi connectivity index (χ4v) is 1.33. The normalized spacial score (nSPS) is 12.9. The summed E-state index contributed by atoms with van der Waals surface area (Å²) in [6.45, 7) is -0.233. The van der Waals surface area contributed by atoms with E-state index in [1.807, 2.05) is 0 Å². The summed E-state index contributed by atoms with van der Waals surface area (Å²) in [5.74, 6) is 0.715.